The maximum absolute atomic E-state index is 12.7. The third-order valence-electron chi connectivity index (χ3n) is 3.89. The number of halogens is 3. The lowest BCUT2D eigenvalue weighted by Gasteiger charge is -2.39. The highest BCUT2D eigenvalue weighted by atomic mass is 32.2. The molecule has 0 aromatic heterocycles. The molecule has 2 saturated heterocycles. The molecule has 2 aliphatic heterocycles. The third kappa shape index (κ3) is 3.52. The summed E-state index contributed by atoms with van der Waals surface area (Å²) in [6, 6.07) is -0.216. The second-order valence-corrected chi connectivity index (χ2v) is 6.53. The average molecular weight is 312 g/mol. The molecule has 0 bridgehead atoms. The van der Waals surface area contributed by atoms with Crippen LogP contribution in [0.2, 0.25) is 0 Å². The lowest BCUT2D eigenvalue weighted by Crippen LogP contribution is -2.57. The van der Waals surface area contributed by atoms with Gasteiger partial charge in [0.15, 0.2) is 5.60 Å². The molecule has 0 spiro atoms. The Morgan fingerprint density at radius 2 is 2.00 bits per heavy atom. The Hall–Kier alpha value is -0.630. The van der Waals surface area contributed by atoms with Gasteiger partial charge in [-0.05, 0) is 18.6 Å². The molecule has 2 fully saturated rings. The maximum atomic E-state index is 12.7. The van der Waals surface area contributed by atoms with E-state index in [1.165, 1.54) is 4.90 Å². The molecule has 0 saturated carbocycles. The number of piperidine rings is 1. The Labute approximate surface area is 120 Å². The van der Waals surface area contributed by atoms with Gasteiger partial charge >= 0.3 is 12.2 Å². The van der Waals surface area contributed by atoms with Crippen LogP contribution in [0.4, 0.5) is 18.0 Å². The van der Waals surface area contributed by atoms with E-state index in [0.717, 1.165) is 24.3 Å². The number of nitrogens with one attached hydrogen (secondary N) is 1. The van der Waals surface area contributed by atoms with Gasteiger partial charge in [-0.25, -0.2) is 4.79 Å². The standard InChI is InChI=1S/C12H19F3N2O2S/c13-12(14,15)11(19)3-5-17(6-4-11)10(18)16-9-2-1-7-20-8-9/h9,19H,1-8H2,(H,16,18). The van der Waals surface area contributed by atoms with Crippen LogP contribution >= 0.6 is 11.8 Å². The van der Waals surface area contributed by atoms with Crippen LogP contribution in [0.3, 0.4) is 0 Å². The van der Waals surface area contributed by atoms with Gasteiger partial charge < -0.3 is 15.3 Å². The number of hydrogen-bond acceptors (Lipinski definition) is 3. The highest BCUT2D eigenvalue weighted by Crippen LogP contribution is 2.38. The molecule has 20 heavy (non-hydrogen) atoms. The van der Waals surface area contributed by atoms with Crippen LogP contribution < -0.4 is 5.32 Å². The minimum Gasteiger partial charge on any atom is -0.380 e. The van der Waals surface area contributed by atoms with Crippen molar-refractivity contribution in [2.75, 3.05) is 24.6 Å². The van der Waals surface area contributed by atoms with Gasteiger partial charge in [0.05, 0.1) is 0 Å². The van der Waals surface area contributed by atoms with Crippen molar-refractivity contribution in [1.82, 2.24) is 10.2 Å². The molecule has 4 nitrogen and oxygen atoms in total. The molecule has 0 aromatic carbocycles. The smallest absolute Gasteiger partial charge is 0.380 e. The summed E-state index contributed by atoms with van der Waals surface area (Å²) in [5.74, 6) is 1.95. The van der Waals surface area contributed by atoms with Gasteiger partial charge in [-0.1, -0.05) is 0 Å². The average Bonchev–Trinajstić information content (AvgIpc) is 2.39. The summed E-state index contributed by atoms with van der Waals surface area (Å²) in [6.45, 7) is -0.136. The molecule has 0 radical (unpaired) electrons. The van der Waals surface area contributed by atoms with Crippen LogP contribution in [0.15, 0.2) is 0 Å². The van der Waals surface area contributed by atoms with Crippen LogP contribution in [0.25, 0.3) is 0 Å². The zero-order chi connectivity index (χ0) is 14.8. The van der Waals surface area contributed by atoms with Gasteiger partial charge in [-0.2, -0.15) is 24.9 Å². The van der Waals surface area contributed by atoms with Crippen LogP contribution in [0.1, 0.15) is 25.7 Å². The van der Waals surface area contributed by atoms with E-state index in [1.54, 1.807) is 11.8 Å². The largest absolute Gasteiger partial charge is 0.417 e. The molecule has 2 N–H and O–H groups in total. The van der Waals surface area contributed by atoms with Gasteiger partial charge in [-0.15, -0.1) is 0 Å². The molecular formula is C12H19F3N2O2S. The zero-order valence-electron chi connectivity index (χ0n) is 11.1. The van der Waals surface area contributed by atoms with Gasteiger partial charge in [0.25, 0.3) is 0 Å². The number of thioether (sulfide) groups is 1. The number of amides is 2. The number of nitrogens with zero attached hydrogens (tertiary/aromatic N) is 1. The fourth-order valence-electron chi connectivity index (χ4n) is 2.48. The topological polar surface area (TPSA) is 52.6 Å². The fraction of sp³-hybridized carbons (Fsp3) is 0.917. The van der Waals surface area contributed by atoms with E-state index in [2.05, 4.69) is 5.32 Å². The highest BCUT2D eigenvalue weighted by molar-refractivity contribution is 7.99. The molecule has 8 heteroatoms. The number of urea groups is 1. The molecule has 1 unspecified atom stereocenters. The first-order valence-corrected chi connectivity index (χ1v) is 7.90. The lowest BCUT2D eigenvalue weighted by molar-refractivity contribution is -0.271. The lowest BCUT2D eigenvalue weighted by atomic mass is 9.91. The molecule has 2 aliphatic rings. The summed E-state index contributed by atoms with van der Waals surface area (Å²) in [7, 11) is 0. The van der Waals surface area contributed by atoms with E-state index >= 15 is 0 Å². The fourth-order valence-corrected chi connectivity index (χ4v) is 3.56. The molecule has 1 atom stereocenters. The quantitative estimate of drug-likeness (QED) is 0.778. The molecule has 0 aliphatic carbocycles. The summed E-state index contributed by atoms with van der Waals surface area (Å²) >= 11 is 1.77. The third-order valence-corrected chi connectivity index (χ3v) is 5.11. The van der Waals surface area contributed by atoms with Gasteiger partial charge in [0.1, 0.15) is 0 Å². The Morgan fingerprint density at radius 3 is 2.50 bits per heavy atom. The number of aliphatic hydroxyl groups is 1. The van der Waals surface area contributed by atoms with Crippen LogP contribution in [0.5, 0.6) is 0 Å². The molecular weight excluding hydrogens is 293 g/mol. The number of alkyl halides is 3. The van der Waals surface area contributed by atoms with Crippen molar-refractivity contribution in [2.24, 2.45) is 0 Å². The van der Waals surface area contributed by atoms with Gasteiger partial charge in [-0.3, -0.25) is 0 Å². The Morgan fingerprint density at radius 1 is 1.35 bits per heavy atom. The van der Waals surface area contributed by atoms with Crippen LogP contribution in [-0.2, 0) is 0 Å². The van der Waals surface area contributed by atoms with Crippen molar-refractivity contribution < 1.29 is 23.1 Å². The van der Waals surface area contributed by atoms with Crippen molar-refractivity contribution in [2.45, 2.75) is 43.5 Å². The molecule has 2 amide bonds. The normalized spacial score (nSPS) is 27.2. The van der Waals surface area contributed by atoms with Crippen molar-refractivity contribution in [3.8, 4) is 0 Å². The van der Waals surface area contributed by atoms with Crippen molar-refractivity contribution in [1.29, 1.82) is 0 Å². The maximum Gasteiger partial charge on any atom is 0.417 e. The van der Waals surface area contributed by atoms with E-state index < -0.39 is 24.6 Å². The summed E-state index contributed by atoms with van der Waals surface area (Å²) in [6.07, 6.45) is -3.58. The summed E-state index contributed by atoms with van der Waals surface area (Å²) in [4.78, 5) is 13.3. The van der Waals surface area contributed by atoms with Crippen LogP contribution in [0, 0.1) is 0 Å². The predicted molar refractivity (Wildman–Crippen MR) is 70.7 cm³/mol. The minimum absolute atomic E-state index is 0.0678. The van der Waals surface area contributed by atoms with Gasteiger partial charge in [0.2, 0.25) is 0 Å². The van der Waals surface area contributed by atoms with E-state index in [0.29, 0.717) is 0 Å². The van der Waals surface area contributed by atoms with Crippen molar-refractivity contribution in [3.05, 3.63) is 0 Å². The van der Waals surface area contributed by atoms with Crippen molar-refractivity contribution in [3.63, 3.8) is 0 Å². The molecule has 0 aromatic rings. The van der Waals surface area contributed by atoms with E-state index in [4.69, 9.17) is 0 Å². The Bertz CT molecular complexity index is 351. The Kier molecular flexibility index (Phi) is 4.73. The first kappa shape index (κ1) is 15.8. The Balaban J connectivity index is 1.82. The number of hydrogen-bond donors (Lipinski definition) is 2. The van der Waals surface area contributed by atoms with Crippen molar-refractivity contribution >= 4 is 17.8 Å². The van der Waals surface area contributed by atoms with Gasteiger partial charge in [0, 0.05) is 37.7 Å². The summed E-state index contributed by atoms with van der Waals surface area (Å²) in [5.41, 5.74) is -2.65. The number of rotatable bonds is 1. The monoisotopic (exact) mass is 312 g/mol. The second-order valence-electron chi connectivity index (χ2n) is 5.38. The molecule has 2 rings (SSSR count). The number of carbonyl (C=O) groups excluding carboxylic acids is 1. The number of carbonyl (C=O) groups is 1. The number of likely N-dealkylation sites (tertiary alicyclic amines) is 1. The first-order valence-electron chi connectivity index (χ1n) is 6.74. The zero-order valence-corrected chi connectivity index (χ0v) is 11.9. The second kappa shape index (κ2) is 6.01. The van der Waals surface area contributed by atoms with Crippen LogP contribution in [-0.4, -0.2) is 58.5 Å². The SMILES string of the molecule is O=C(NC1CCCSC1)N1CCC(O)(C(F)(F)F)CC1. The minimum atomic E-state index is -4.63. The highest BCUT2D eigenvalue weighted by Gasteiger charge is 2.54. The van der Waals surface area contributed by atoms with E-state index in [-0.39, 0.29) is 25.2 Å². The van der Waals surface area contributed by atoms with E-state index in [1.807, 2.05) is 0 Å². The predicted octanol–water partition coefficient (Wildman–Crippen LogP) is 1.98. The summed E-state index contributed by atoms with van der Waals surface area (Å²) < 4.78 is 38.0. The first-order chi connectivity index (χ1) is 9.32. The summed E-state index contributed by atoms with van der Waals surface area (Å²) in [5, 5.41) is 12.4. The molecule has 2 heterocycles. The molecule has 116 valence electrons. The van der Waals surface area contributed by atoms with E-state index in [9.17, 15) is 23.1 Å².